The van der Waals surface area contributed by atoms with Crippen molar-refractivity contribution in [1.82, 2.24) is 0 Å². The molecule has 0 aliphatic heterocycles. The first kappa shape index (κ1) is 16.1. The van der Waals surface area contributed by atoms with Gasteiger partial charge in [-0.05, 0) is 43.3 Å². The van der Waals surface area contributed by atoms with Gasteiger partial charge < -0.3 is 8.84 Å². The van der Waals surface area contributed by atoms with E-state index in [2.05, 4.69) is 65.1 Å². The molecule has 2 nitrogen and oxygen atoms in total. The second-order valence-electron chi connectivity index (χ2n) is 7.18. The zero-order valence-corrected chi connectivity index (χ0v) is 15.0. The first-order valence-electron chi connectivity index (χ1n) is 7.49. The Morgan fingerprint density at radius 3 is 2.43 bits per heavy atom. The Morgan fingerprint density at radius 1 is 1.10 bits per heavy atom. The molecule has 1 aromatic carbocycles. The van der Waals surface area contributed by atoms with Gasteiger partial charge in [-0.2, -0.15) is 0 Å². The summed E-state index contributed by atoms with van der Waals surface area (Å²) in [5.41, 5.74) is 2.36. The van der Waals surface area contributed by atoms with Gasteiger partial charge in [-0.1, -0.05) is 44.5 Å². The lowest BCUT2D eigenvalue weighted by atomic mass is 10.1. The molecule has 0 amide bonds. The van der Waals surface area contributed by atoms with Crippen molar-refractivity contribution >= 4 is 8.32 Å². The molecular formula is C18H26O2Si. The van der Waals surface area contributed by atoms with Crippen LogP contribution in [0.15, 0.2) is 40.8 Å². The maximum Gasteiger partial charge on any atom is 0.192 e. The van der Waals surface area contributed by atoms with Gasteiger partial charge in [0.2, 0.25) is 0 Å². The molecule has 0 fully saturated rings. The second kappa shape index (κ2) is 5.82. The Balaban J connectivity index is 2.08. The van der Waals surface area contributed by atoms with Crippen LogP contribution in [0, 0.1) is 6.92 Å². The minimum atomic E-state index is -1.73. The molecule has 0 saturated heterocycles. The lowest BCUT2D eigenvalue weighted by molar-refractivity contribution is 0.247. The zero-order valence-electron chi connectivity index (χ0n) is 14.0. The molecule has 0 aliphatic rings. The van der Waals surface area contributed by atoms with E-state index in [0.29, 0.717) is 6.61 Å². The van der Waals surface area contributed by atoms with Crippen molar-refractivity contribution in [3.63, 3.8) is 0 Å². The lowest BCUT2D eigenvalue weighted by Crippen LogP contribution is -2.40. The fraction of sp³-hybridized carbons (Fsp3) is 0.444. The Morgan fingerprint density at radius 2 is 1.81 bits per heavy atom. The van der Waals surface area contributed by atoms with Crippen molar-refractivity contribution in [2.24, 2.45) is 0 Å². The first-order chi connectivity index (χ1) is 9.69. The monoisotopic (exact) mass is 302 g/mol. The predicted molar refractivity (Wildman–Crippen MR) is 90.9 cm³/mol. The van der Waals surface area contributed by atoms with Crippen LogP contribution < -0.4 is 0 Å². The Labute approximate surface area is 129 Å². The second-order valence-corrected chi connectivity index (χ2v) is 12.0. The van der Waals surface area contributed by atoms with Crippen molar-refractivity contribution in [2.45, 2.75) is 52.4 Å². The van der Waals surface area contributed by atoms with Crippen LogP contribution in [0.1, 0.15) is 32.1 Å². The highest BCUT2D eigenvalue weighted by Crippen LogP contribution is 2.37. The first-order valence-corrected chi connectivity index (χ1v) is 10.4. The summed E-state index contributed by atoms with van der Waals surface area (Å²) in [4.78, 5) is 0. The Kier molecular flexibility index (Phi) is 4.45. The minimum absolute atomic E-state index is 0.221. The third-order valence-corrected chi connectivity index (χ3v) is 8.82. The molecule has 0 saturated carbocycles. The molecule has 1 heterocycles. The topological polar surface area (TPSA) is 22.4 Å². The molecule has 0 spiro atoms. The van der Waals surface area contributed by atoms with Crippen LogP contribution in [-0.4, -0.2) is 8.32 Å². The largest absolute Gasteiger partial charge is 0.459 e. The Hall–Kier alpha value is -1.32. The molecular weight excluding hydrogens is 276 g/mol. The van der Waals surface area contributed by atoms with Gasteiger partial charge in [0.25, 0.3) is 0 Å². The molecule has 0 unspecified atom stereocenters. The van der Waals surface area contributed by atoms with E-state index in [1.807, 2.05) is 12.1 Å². The summed E-state index contributed by atoms with van der Waals surface area (Å²) in [6.07, 6.45) is 0. The summed E-state index contributed by atoms with van der Waals surface area (Å²) >= 11 is 0. The Bertz CT molecular complexity index is 606. The molecule has 1 aromatic heterocycles. The SMILES string of the molecule is Cc1cccc(-c2ccc(CO[Si](C)(C)C(C)(C)C)o2)c1. The smallest absolute Gasteiger partial charge is 0.192 e. The van der Waals surface area contributed by atoms with E-state index >= 15 is 0 Å². The summed E-state index contributed by atoms with van der Waals surface area (Å²) in [5.74, 6) is 1.81. The van der Waals surface area contributed by atoms with Gasteiger partial charge in [0, 0.05) is 5.56 Å². The standard InChI is InChI=1S/C18H26O2Si/c1-14-8-7-9-15(12-14)17-11-10-16(20-17)13-19-21(5,6)18(2,3)4/h7-12H,13H2,1-6H3. The van der Waals surface area contributed by atoms with E-state index in [0.717, 1.165) is 17.1 Å². The van der Waals surface area contributed by atoms with E-state index in [4.69, 9.17) is 8.84 Å². The molecule has 0 atom stereocenters. The van der Waals surface area contributed by atoms with Crippen LogP contribution in [0.2, 0.25) is 18.1 Å². The molecule has 0 N–H and O–H groups in total. The van der Waals surface area contributed by atoms with Gasteiger partial charge in [-0.15, -0.1) is 0 Å². The third-order valence-electron chi connectivity index (χ3n) is 4.35. The number of hydrogen-bond donors (Lipinski definition) is 0. The maximum atomic E-state index is 6.20. The third kappa shape index (κ3) is 3.86. The maximum absolute atomic E-state index is 6.20. The fourth-order valence-electron chi connectivity index (χ4n) is 1.88. The van der Waals surface area contributed by atoms with E-state index in [9.17, 15) is 0 Å². The molecule has 2 rings (SSSR count). The number of benzene rings is 1. The normalized spacial score (nSPS) is 12.7. The van der Waals surface area contributed by atoms with Gasteiger partial charge >= 0.3 is 0 Å². The lowest BCUT2D eigenvalue weighted by Gasteiger charge is -2.35. The van der Waals surface area contributed by atoms with Crippen LogP contribution >= 0.6 is 0 Å². The molecule has 0 bridgehead atoms. The van der Waals surface area contributed by atoms with Gasteiger partial charge in [0.05, 0.1) is 6.61 Å². The summed E-state index contributed by atoms with van der Waals surface area (Å²) in [6, 6.07) is 12.4. The van der Waals surface area contributed by atoms with Crippen LogP contribution in [0.4, 0.5) is 0 Å². The van der Waals surface area contributed by atoms with Crippen LogP contribution in [0.5, 0.6) is 0 Å². The van der Waals surface area contributed by atoms with Gasteiger partial charge in [0.1, 0.15) is 11.5 Å². The van der Waals surface area contributed by atoms with Gasteiger partial charge in [0.15, 0.2) is 8.32 Å². The summed E-state index contributed by atoms with van der Waals surface area (Å²) in [6.45, 7) is 13.9. The molecule has 3 heteroatoms. The fourth-order valence-corrected chi connectivity index (χ4v) is 2.81. The van der Waals surface area contributed by atoms with Crippen molar-refractivity contribution in [2.75, 3.05) is 0 Å². The van der Waals surface area contributed by atoms with Crippen molar-refractivity contribution < 1.29 is 8.84 Å². The number of furan rings is 1. The highest BCUT2D eigenvalue weighted by molar-refractivity contribution is 6.74. The summed E-state index contributed by atoms with van der Waals surface area (Å²) in [5, 5.41) is 0.221. The number of hydrogen-bond acceptors (Lipinski definition) is 2. The van der Waals surface area contributed by atoms with E-state index in [-0.39, 0.29) is 5.04 Å². The van der Waals surface area contributed by atoms with Crippen LogP contribution in [0.3, 0.4) is 0 Å². The van der Waals surface area contributed by atoms with Gasteiger partial charge in [-0.25, -0.2) is 0 Å². The summed E-state index contributed by atoms with van der Waals surface area (Å²) in [7, 11) is -1.73. The van der Waals surface area contributed by atoms with Gasteiger partial charge in [-0.3, -0.25) is 0 Å². The van der Waals surface area contributed by atoms with Crippen molar-refractivity contribution in [3.05, 3.63) is 47.7 Å². The average Bonchev–Trinajstić information content (AvgIpc) is 2.84. The quantitative estimate of drug-likeness (QED) is 0.668. The average molecular weight is 302 g/mol. The highest BCUT2D eigenvalue weighted by atomic mass is 28.4. The predicted octanol–water partition coefficient (Wildman–Crippen LogP) is 5.78. The van der Waals surface area contributed by atoms with E-state index in [1.54, 1.807) is 0 Å². The zero-order chi connectivity index (χ0) is 15.7. The van der Waals surface area contributed by atoms with Crippen molar-refractivity contribution in [1.29, 1.82) is 0 Å². The molecule has 114 valence electrons. The van der Waals surface area contributed by atoms with E-state index < -0.39 is 8.32 Å². The highest BCUT2D eigenvalue weighted by Gasteiger charge is 2.37. The molecule has 2 aromatic rings. The molecule has 0 radical (unpaired) electrons. The molecule has 21 heavy (non-hydrogen) atoms. The number of aryl methyl sites for hydroxylation is 1. The van der Waals surface area contributed by atoms with Crippen LogP contribution in [0.25, 0.3) is 11.3 Å². The van der Waals surface area contributed by atoms with Crippen LogP contribution in [-0.2, 0) is 11.0 Å². The van der Waals surface area contributed by atoms with Crippen molar-refractivity contribution in [3.8, 4) is 11.3 Å². The molecule has 0 aliphatic carbocycles. The minimum Gasteiger partial charge on any atom is -0.459 e. The summed E-state index contributed by atoms with van der Waals surface area (Å²) < 4.78 is 12.1. The van der Waals surface area contributed by atoms with E-state index in [1.165, 1.54) is 5.56 Å². The number of rotatable bonds is 4.